The van der Waals surface area contributed by atoms with Crippen molar-refractivity contribution in [2.24, 2.45) is 0 Å². The van der Waals surface area contributed by atoms with Gasteiger partial charge in [-0.1, -0.05) is 6.92 Å². The van der Waals surface area contributed by atoms with E-state index in [-0.39, 0.29) is 5.67 Å². The molecule has 0 spiro atoms. The molecule has 15 heavy (non-hydrogen) atoms. The van der Waals surface area contributed by atoms with Crippen molar-refractivity contribution >= 4 is 8.80 Å². The zero-order valence-electron chi connectivity index (χ0n) is 9.77. The van der Waals surface area contributed by atoms with Crippen LogP contribution in [0.2, 0.25) is 0 Å². The summed E-state index contributed by atoms with van der Waals surface area (Å²) in [6.45, 7) is 2.10. The van der Waals surface area contributed by atoms with Crippen LogP contribution in [0.25, 0.3) is 0 Å². The van der Waals surface area contributed by atoms with Crippen LogP contribution in [-0.4, -0.2) is 34.7 Å². The molecule has 1 unspecified atom stereocenters. The van der Waals surface area contributed by atoms with Gasteiger partial charge in [-0.05, 0) is 18.6 Å². The zero-order chi connectivity index (χ0) is 11.3. The number of nitrogens with zero attached hydrogens (tertiary/aromatic N) is 1. The quantitative estimate of drug-likeness (QED) is 0.698. The van der Waals surface area contributed by atoms with E-state index in [1.807, 2.05) is 24.5 Å². The van der Waals surface area contributed by atoms with Crippen LogP contribution >= 0.6 is 0 Å². The van der Waals surface area contributed by atoms with Crippen LogP contribution in [0.1, 0.15) is 19.0 Å². The number of rotatable bonds is 6. The molecule has 0 N–H and O–H groups in total. The molecular formula is C10H19NO3Si. The summed E-state index contributed by atoms with van der Waals surface area (Å²) in [5.74, 6) is 0. The maximum atomic E-state index is 5.49. The molecule has 86 valence electrons. The second kappa shape index (κ2) is 5.46. The molecule has 0 bridgehead atoms. The van der Waals surface area contributed by atoms with Gasteiger partial charge in [0.05, 0.1) is 0 Å². The van der Waals surface area contributed by atoms with Gasteiger partial charge in [-0.2, -0.15) is 0 Å². The number of hydrogen-bond acceptors (Lipinski definition) is 3. The van der Waals surface area contributed by atoms with Crippen molar-refractivity contribution in [3.05, 3.63) is 24.5 Å². The fraction of sp³-hybridized carbons (Fsp3) is 0.600. The average Bonchev–Trinajstić information content (AvgIpc) is 2.79. The Morgan fingerprint density at radius 2 is 1.53 bits per heavy atom. The molecule has 1 rings (SSSR count). The minimum atomic E-state index is -2.59. The topological polar surface area (TPSA) is 32.6 Å². The van der Waals surface area contributed by atoms with Crippen molar-refractivity contribution in [3.63, 3.8) is 0 Å². The predicted octanol–water partition coefficient (Wildman–Crippen LogP) is 1.86. The molecule has 0 aliphatic heterocycles. The van der Waals surface area contributed by atoms with Crippen molar-refractivity contribution < 1.29 is 13.3 Å². The van der Waals surface area contributed by atoms with Crippen LogP contribution in [0.4, 0.5) is 0 Å². The summed E-state index contributed by atoms with van der Waals surface area (Å²) in [7, 11) is 2.34. The van der Waals surface area contributed by atoms with Gasteiger partial charge in [-0.3, -0.25) is 0 Å². The van der Waals surface area contributed by atoms with Gasteiger partial charge in [0.25, 0.3) is 0 Å². The second-order valence-corrected chi connectivity index (χ2v) is 6.37. The Bertz CT molecular complexity index is 264. The number of aromatic nitrogens is 1. The van der Waals surface area contributed by atoms with E-state index in [4.69, 9.17) is 13.3 Å². The van der Waals surface area contributed by atoms with E-state index in [1.165, 1.54) is 0 Å². The summed E-state index contributed by atoms with van der Waals surface area (Å²) < 4.78 is 18.5. The first kappa shape index (κ1) is 12.4. The average molecular weight is 229 g/mol. The van der Waals surface area contributed by atoms with Crippen LogP contribution in [-0.2, 0) is 13.3 Å². The Balaban J connectivity index is 2.98. The lowest BCUT2D eigenvalue weighted by Gasteiger charge is -2.32. The standard InChI is InChI=1S/C10H19NO3Si/c1-5-10(11-8-6-7-9-11)15(12-2,13-3)14-4/h6-10H,5H2,1-4H3. The third kappa shape index (κ3) is 2.31. The Kier molecular flexibility index (Phi) is 4.53. The first-order valence-electron chi connectivity index (χ1n) is 5.02. The van der Waals surface area contributed by atoms with Gasteiger partial charge in [-0.15, -0.1) is 0 Å². The largest absolute Gasteiger partial charge is 0.524 e. The lowest BCUT2D eigenvalue weighted by Crippen LogP contribution is -2.51. The monoisotopic (exact) mass is 229 g/mol. The molecule has 4 nitrogen and oxygen atoms in total. The van der Waals surface area contributed by atoms with Crippen LogP contribution in [0, 0.1) is 0 Å². The molecular weight excluding hydrogens is 210 g/mol. The van der Waals surface area contributed by atoms with Gasteiger partial charge in [0.2, 0.25) is 0 Å². The third-order valence-corrected chi connectivity index (χ3v) is 5.87. The Labute approximate surface area is 92.1 Å². The minimum absolute atomic E-state index is 0.132. The summed E-state index contributed by atoms with van der Waals surface area (Å²) in [5.41, 5.74) is 0.132. The van der Waals surface area contributed by atoms with Crippen LogP contribution in [0.3, 0.4) is 0 Å². The fourth-order valence-corrected chi connectivity index (χ4v) is 4.21. The Morgan fingerprint density at radius 3 is 1.87 bits per heavy atom. The summed E-state index contributed by atoms with van der Waals surface area (Å²) in [4.78, 5) is 0. The van der Waals surface area contributed by atoms with Crippen LogP contribution in [0.5, 0.6) is 0 Å². The van der Waals surface area contributed by atoms with Gasteiger partial charge in [-0.25, -0.2) is 0 Å². The van der Waals surface area contributed by atoms with Crippen molar-refractivity contribution in [2.45, 2.75) is 19.0 Å². The van der Waals surface area contributed by atoms with E-state index in [9.17, 15) is 0 Å². The highest BCUT2D eigenvalue weighted by Crippen LogP contribution is 2.26. The molecule has 1 aromatic rings. The van der Waals surface area contributed by atoms with Crippen molar-refractivity contribution in [1.29, 1.82) is 0 Å². The lowest BCUT2D eigenvalue weighted by atomic mass is 10.5. The Hall–Kier alpha value is -0.623. The van der Waals surface area contributed by atoms with E-state index in [1.54, 1.807) is 21.3 Å². The molecule has 0 aliphatic carbocycles. The SMILES string of the molecule is CCC(n1cccc1)[Si](OC)(OC)OC. The lowest BCUT2D eigenvalue weighted by molar-refractivity contribution is 0.101. The van der Waals surface area contributed by atoms with E-state index in [2.05, 4.69) is 11.5 Å². The van der Waals surface area contributed by atoms with Crippen LogP contribution in [0.15, 0.2) is 24.5 Å². The third-order valence-electron chi connectivity index (χ3n) is 2.64. The molecule has 0 radical (unpaired) electrons. The van der Waals surface area contributed by atoms with Crippen LogP contribution < -0.4 is 0 Å². The highest BCUT2D eigenvalue weighted by molar-refractivity contribution is 6.61. The summed E-state index contributed by atoms with van der Waals surface area (Å²) in [5, 5.41) is 0. The van der Waals surface area contributed by atoms with Crippen molar-refractivity contribution in [1.82, 2.24) is 4.57 Å². The maximum absolute atomic E-state index is 5.49. The highest BCUT2D eigenvalue weighted by atomic mass is 28.4. The molecule has 1 atom stereocenters. The molecule has 0 aliphatic rings. The predicted molar refractivity (Wildman–Crippen MR) is 60.5 cm³/mol. The second-order valence-electron chi connectivity index (χ2n) is 3.27. The molecule has 1 aromatic heterocycles. The molecule has 0 fully saturated rings. The summed E-state index contributed by atoms with van der Waals surface area (Å²) >= 11 is 0. The highest BCUT2D eigenvalue weighted by Gasteiger charge is 2.47. The van der Waals surface area contributed by atoms with Gasteiger partial charge in [0.15, 0.2) is 0 Å². The van der Waals surface area contributed by atoms with E-state index >= 15 is 0 Å². The fourth-order valence-electron chi connectivity index (χ4n) is 1.86. The molecule has 0 saturated carbocycles. The van der Waals surface area contributed by atoms with Crippen molar-refractivity contribution in [3.8, 4) is 0 Å². The molecule has 0 amide bonds. The first-order valence-corrected chi connectivity index (χ1v) is 6.82. The normalized spacial score (nSPS) is 14.1. The smallest absolute Gasteiger partial charge is 0.376 e. The zero-order valence-corrected chi connectivity index (χ0v) is 10.8. The minimum Gasteiger partial charge on any atom is -0.376 e. The van der Waals surface area contributed by atoms with Gasteiger partial charge in [0.1, 0.15) is 5.67 Å². The summed E-state index contributed by atoms with van der Waals surface area (Å²) in [6, 6.07) is 3.98. The molecule has 0 aromatic carbocycles. The molecule has 1 heterocycles. The number of hydrogen-bond donors (Lipinski definition) is 0. The summed E-state index contributed by atoms with van der Waals surface area (Å²) in [6.07, 6.45) is 4.93. The van der Waals surface area contributed by atoms with E-state index in [0.29, 0.717) is 0 Å². The van der Waals surface area contributed by atoms with Crippen molar-refractivity contribution in [2.75, 3.05) is 21.3 Å². The van der Waals surface area contributed by atoms with Gasteiger partial charge >= 0.3 is 8.80 Å². The van der Waals surface area contributed by atoms with Gasteiger partial charge < -0.3 is 17.8 Å². The molecule has 0 saturated heterocycles. The first-order chi connectivity index (χ1) is 7.24. The maximum Gasteiger partial charge on any atom is 0.524 e. The van der Waals surface area contributed by atoms with E-state index in [0.717, 1.165) is 6.42 Å². The van der Waals surface area contributed by atoms with E-state index < -0.39 is 8.80 Å². The molecule has 5 heteroatoms. The van der Waals surface area contributed by atoms with Gasteiger partial charge in [0, 0.05) is 33.7 Å². The Morgan fingerprint density at radius 1 is 1.07 bits per heavy atom.